The molecule has 6 heteroatoms. The summed E-state index contributed by atoms with van der Waals surface area (Å²) in [4.78, 5) is 12.9. The van der Waals surface area contributed by atoms with Gasteiger partial charge in [0.25, 0.3) is 0 Å². The van der Waals surface area contributed by atoms with Crippen molar-refractivity contribution in [3.63, 3.8) is 0 Å². The second kappa shape index (κ2) is 8.24. The second-order valence-corrected chi connectivity index (χ2v) is 6.27. The number of hydrogen-bond donors (Lipinski definition) is 2. The van der Waals surface area contributed by atoms with Gasteiger partial charge in [0.05, 0.1) is 5.75 Å². The maximum absolute atomic E-state index is 11.3. The van der Waals surface area contributed by atoms with E-state index in [1.807, 2.05) is 13.8 Å². The van der Waals surface area contributed by atoms with Crippen LogP contribution in [0.3, 0.4) is 0 Å². The Morgan fingerprint density at radius 3 is 2.50 bits per heavy atom. The van der Waals surface area contributed by atoms with Gasteiger partial charge in [0, 0.05) is 19.5 Å². The van der Waals surface area contributed by atoms with Crippen molar-refractivity contribution in [2.45, 2.75) is 33.1 Å². The fourth-order valence-corrected chi connectivity index (χ4v) is 2.31. The predicted octanol–water partition coefficient (Wildman–Crippen LogP) is 1.75. The summed E-state index contributed by atoms with van der Waals surface area (Å²) >= 11 is 1.65. The quantitative estimate of drug-likeness (QED) is 0.232. The molecule has 0 fully saturated rings. The monoisotopic (exact) mass is 275 g/mol. The minimum Gasteiger partial charge on any atom is -0.409 e. The molecule has 0 aliphatic carbocycles. The van der Waals surface area contributed by atoms with Gasteiger partial charge in [-0.15, -0.1) is 0 Å². The van der Waals surface area contributed by atoms with Crippen molar-refractivity contribution >= 4 is 23.5 Å². The first-order valence-electron chi connectivity index (χ1n) is 6.07. The predicted molar refractivity (Wildman–Crippen MR) is 77.1 cm³/mol. The first-order valence-corrected chi connectivity index (χ1v) is 7.22. The van der Waals surface area contributed by atoms with E-state index in [1.54, 1.807) is 30.8 Å². The van der Waals surface area contributed by atoms with Crippen LogP contribution in [0.5, 0.6) is 0 Å². The van der Waals surface area contributed by atoms with Gasteiger partial charge in [-0.05, 0) is 18.6 Å². The van der Waals surface area contributed by atoms with E-state index in [0.717, 1.165) is 25.0 Å². The van der Waals surface area contributed by atoms with Crippen LogP contribution in [0.2, 0.25) is 0 Å². The summed E-state index contributed by atoms with van der Waals surface area (Å²) in [5, 5.41) is 11.7. The minimum absolute atomic E-state index is 0.150. The Balaban J connectivity index is 3.66. The Bertz CT molecular complexity index is 291. The Kier molecular flexibility index (Phi) is 7.82. The van der Waals surface area contributed by atoms with Crippen LogP contribution < -0.4 is 5.73 Å². The molecule has 0 rings (SSSR count). The molecule has 0 aromatic carbocycles. The topological polar surface area (TPSA) is 78.9 Å². The normalized spacial score (nSPS) is 12.6. The van der Waals surface area contributed by atoms with Crippen molar-refractivity contribution in [1.29, 1.82) is 0 Å². The van der Waals surface area contributed by atoms with E-state index in [-0.39, 0.29) is 17.2 Å². The van der Waals surface area contributed by atoms with Crippen molar-refractivity contribution in [3.05, 3.63) is 0 Å². The Labute approximate surface area is 114 Å². The van der Waals surface area contributed by atoms with Gasteiger partial charge in [0.1, 0.15) is 5.84 Å². The number of nitrogens with zero attached hydrogens (tertiary/aromatic N) is 2. The zero-order valence-corrected chi connectivity index (χ0v) is 12.6. The van der Waals surface area contributed by atoms with Crippen LogP contribution in [0.1, 0.15) is 33.1 Å². The molecule has 0 heterocycles. The maximum Gasteiger partial charge on any atom is 0.232 e. The molecule has 0 aromatic heterocycles. The lowest BCUT2D eigenvalue weighted by atomic mass is 9.86. The molecule has 0 aromatic rings. The molecule has 0 atom stereocenters. The highest BCUT2D eigenvalue weighted by Gasteiger charge is 2.22. The van der Waals surface area contributed by atoms with Crippen LogP contribution in [-0.4, -0.2) is 47.5 Å². The molecule has 1 amide bonds. The van der Waals surface area contributed by atoms with Gasteiger partial charge >= 0.3 is 0 Å². The lowest BCUT2D eigenvalue weighted by Gasteiger charge is -2.22. The largest absolute Gasteiger partial charge is 0.409 e. The summed E-state index contributed by atoms with van der Waals surface area (Å²) in [6.07, 6.45) is 2.92. The zero-order valence-electron chi connectivity index (χ0n) is 11.8. The number of hydrogen-bond acceptors (Lipinski definition) is 4. The molecule has 0 radical (unpaired) electrons. The molecule has 0 saturated heterocycles. The minimum atomic E-state index is -0.265. The van der Waals surface area contributed by atoms with E-state index in [1.165, 1.54) is 0 Å². The van der Waals surface area contributed by atoms with Gasteiger partial charge in [0.2, 0.25) is 5.91 Å². The molecule has 0 unspecified atom stereocenters. The Hall–Kier alpha value is -0.910. The summed E-state index contributed by atoms with van der Waals surface area (Å²) in [6.45, 7) is 3.93. The van der Waals surface area contributed by atoms with E-state index in [4.69, 9.17) is 10.9 Å². The number of carbonyl (C=O) groups is 1. The molecule has 18 heavy (non-hydrogen) atoms. The summed E-state index contributed by atoms with van der Waals surface area (Å²) < 4.78 is 0. The van der Waals surface area contributed by atoms with E-state index >= 15 is 0 Å². The number of thioether (sulfide) groups is 1. The van der Waals surface area contributed by atoms with Crippen LogP contribution in [0, 0.1) is 5.41 Å². The number of amidine groups is 1. The highest BCUT2D eigenvalue weighted by Crippen LogP contribution is 2.23. The molecule has 5 nitrogen and oxygen atoms in total. The van der Waals surface area contributed by atoms with Crippen molar-refractivity contribution in [3.8, 4) is 0 Å². The molecule has 0 bridgehead atoms. The van der Waals surface area contributed by atoms with Gasteiger partial charge in [0.15, 0.2) is 0 Å². The standard InChI is InChI=1S/C12H25N3O2S/c1-12(2,11(13)14-17)7-5-6-8-18-9-10(16)15(3)4/h17H,5-9H2,1-4H3,(H2,13,14). The maximum atomic E-state index is 11.3. The highest BCUT2D eigenvalue weighted by molar-refractivity contribution is 7.99. The molecule has 0 aliphatic heterocycles. The van der Waals surface area contributed by atoms with Crippen molar-refractivity contribution < 1.29 is 10.0 Å². The molecule has 0 spiro atoms. The molecule has 3 N–H and O–H groups in total. The summed E-state index contributed by atoms with van der Waals surface area (Å²) in [5.74, 6) is 1.93. The van der Waals surface area contributed by atoms with Gasteiger partial charge in [-0.2, -0.15) is 11.8 Å². The van der Waals surface area contributed by atoms with Crippen LogP contribution >= 0.6 is 11.8 Å². The Morgan fingerprint density at radius 1 is 1.39 bits per heavy atom. The molecule has 0 aliphatic rings. The van der Waals surface area contributed by atoms with E-state index in [9.17, 15) is 4.79 Å². The van der Waals surface area contributed by atoms with E-state index in [2.05, 4.69) is 5.16 Å². The number of unbranched alkanes of at least 4 members (excludes halogenated alkanes) is 1. The van der Waals surface area contributed by atoms with Gasteiger partial charge < -0.3 is 15.8 Å². The fourth-order valence-electron chi connectivity index (χ4n) is 1.32. The number of rotatable bonds is 8. The van der Waals surface area contributed by atoms with Gasteiger partial charge in [-0.3, -0.25) is 4.79 Å². The van der Waals surface area contributed by atoms with Crippen LogP contribution in [0.25, 0.3) is 0 Å². The van der Waals surface area contributed by atoms with Crippen molar-refractivity contribution in [2.75, 3.05) is 25.6 Å². The fraction of sp³-hybridized carbons (Fsp3) is 0.833. The van der Waals surface area contributed by atoms with Crippen molar-refractivity contribution in [1.82, 2.24) is 4.90 Å². The second-order valence-electron chi connectivity index (χ2n) is 5.17. The zero-order chi connectivity index (χ0) is 14.2. The number of amides is 1. The molecular formula is C12H25N3O2S. The van der Waals surface area contributed by atoms with Crippen LogP contribution in [-0.2, 0) is 4.79 Å². The lowest BCUT2D eigenvalue weighted by Crippen LogP contribution is -2.31. The smallest absolute Gasteiger partial charge is 0.232 e. The van der Waals surface area contributed by atoms with Gasteiger partial charge in [-0.1, -0.05) is 25.4 Å². The summed E-state index contributed by atoms with van der Waals surface area (Å²) in [6, 6.07) is 0. The van der Waals surface area contributed by atoms with E-state index < -0.39 is 0 Å². The van der Waals surface area contributed by atoms with Crippen molar-refractivity contribution in [2.24, 2.45) is 16.3 Å². The third kappa shape index (κ3) is 6.74. The van der Waals surface area contributed by atoms with Crippen LogP contribution in [0.15, 0.2) is 5.16 Å². The first kappa shape index (κ1) is 17.1. The number of carbonyl (C=O) groups excluding carboxylic acids is 1. The third-order valence-electron chi connectivity index (χ3n) is 2.87. The van der Waals surface area contributed by atoms with Crippen LogP contribution in [0.4, 0.5) is 0 Å². The lowest BCUT2D eigenvalue weighted by molar-refractivity contribution is -0.125. The molecule has 0 saturated carbocycles. The molecular weight excluding hydrogens is 250 g/mol. The number of nitrogens with two attached hydrogens (primary N) is 1. The number of oxime groups is 1. The van der Waals surface area contributed by atoms with Gasteiger partial charge in [-0.25, -0.2) is 0 Å². The summed E-state index contributed by atoms with van der Waals surface area (Å²) in [7, 11) is 3.53. The third-order valence-corrected chi connectivity index (χ3v) is 3.89. The van der Waals surface area contributed by atoms with E-state index in [0.29, 0.717) is 5.75 Å². The molecule has 106 valence electrons. The summed E-state index contributed by atoms with van der Waals surface area (Å²) in [5.41, 5.74) is 5.34. The SMILES string of the molecule is CN(C)C(=O)CSCCCCC(C)(C)C(N)=NO. The average molecular weight is 275 g/mol. The highest BCUT2D eigenvalue weighted by atomic mass is 32.2. The Morgan fingerprint density at radius 2 is 2.00 bits per heavy atom. The average Bonchev–Trinajstić information content (AvgIpc) is 2.31. The first-order chi connectivity index (χ1) is 8.31.